The molecule has 1 unspecified atom stereocenters. The van der Waals surface area contributed by atoms with Crippen molar-refractivity contribution in [3.8, 4) is 5.88 Å². The number of piperidine rings is 1. The summed E-state index contributed by atoms with van der Waals surface area (Å²) in [5.41, 5.74) is -0.177. The second-order valence-electron chi connectivity index (χ2n) is 4.43. The molecule has 1 aliphatic heterocycles. The van der Waals surface area contributed by atoms with Gasteiger partial charge in [0.05, 0.1) is 6.61 Å². The van der Waals surface area contributed by atoms with Crippen LogP contribution in [0.3, 0.4) is 0 Å². The van der Waals surface area contributed by atoms with E-state index in [4.69, 9.17) is 4.74 Å². The molecule has 1 fully saturated rings. The maximum Gasteiger partial charge on any atom is 0.313 e. The van der Waals surface area contributed by atoms with Crippen molar-refractivity contribution < 1.29 is 4.74 Å². The first-order chi connectivity index (χ1) is 8.27. The lowest BCUT2D eigenvalue weighted by Crippen LogP contribution is -2.35. The summed E-state index contributed by atoms with van der Waals surface area (Å²) >= 11 is 0. The van der Waals surface area contributed by atoms with Crippen LogP contribution < -0.4 is 15.6 Å². The quantitative estimate of drug-likeness (QED) is 0.837. The van der Waals surface area contributed by atoms with Gasteiger partial charge in [-0.3, -0.25) is 4.79 Å². The van der Waals surface area contributed by atoms with Gasteiger partial charge in [-0.05, 0) is 25.8 Å². The number of rotatable bonds is 4. The number of nitrogens with one attached hydrogen (secondary N) is 1. The summed E-state index contributed by atoms with van der Waals surface area (Å²) in [6.45, 7) is 1.64. The summed E-state index contributed by atoms with van der Waals surface area (Å²) in [5, 5.41) is 3.45. The van der Waals surface area contributed by atoms with Crippen molar-refractivity contribution in [3.05, 3.63) is 22.7 Å². The average molecular weight is 237 g/mol. The van der Waals surface area contributed by atoms with Gasteiger partial charge in [0.15, 0.2) is 0 Å². The van der Waals surface area contributed by atoms with Crippen molar-refractivity contribution in [1.29, 1.82) is 0 Å². The molecule has 1 aromatic rings. The van der Waals surface area contributed by atoms with Crippen molar-refractivity contribution >= 4 is 0 Å². The number of aromatic nitrogens is 2. The van der Waals surface area contributed by atoms with Crippen LogP contribution in [0.5, 0.6) is 5.88 Å². The molecule has 0 amide bonds. The summed E-state index contributed by atoms with van der Waals surface area (Å²) < 4.78 is 6.91. The Morgan fingerprint density at radius 1 is 1.59 bits per heavy atom. The fourth-order valence-electron chi connectivity index (χ4n) is 2.04. The number of aryl methyl sites for hydroxylation is 1. The Kier molecular flexibility index (Phi) is 4.14. The van der Waals surface area contributed by atoms with E-state index in [1.54, 1.807) is 19.4 Å². The lowest BCUT2D eigenvalue weighted by Gasteiger charge is -2.23. The molecule has 2 rings (SSSR count). The third kappa shape index (κ3) is 3.30. The molecule has 1 N–H and O–H groups in total. The molecule has 0 aliphatic carbocycles. The van der Waals surface area contributed by atoms with Gasteiger partial charge >= 0.3 is 5.56 Å². The molecule has 1 aliphatic rings. The first-order valence-electron chi connectivity index (χ1n) is 6.15. The molecule has 0 spiro atoms. The van der Waals surface area contributed by atoms with E-state index in [2.05, 4.69) is 10.3 Å². The molecule has 0 radical (unpaired) electrons. The first-order valence-corrected chi connectivity index (χ1v) is 6.15. The van der Waals surface area contributed by atoms with Crippen LogP contribution in [0.15, 0.2) is 17.2 Å². The van der Waals surface area contributed by atoms with E-state index < -0.39 is 0 Å². The topological polar surface area (TPSA) is 56.1 Å². The molecule has 17 heavy (non-hydrogen) atoms. The van der Waals surface area contributed by atoms with E-state index in [9.17, 15) is 4.79 Å². The van der Waals surface area contributed by atoms with Crippen LogP contribution >= 0.6 is 0 Å². The SMILES string of the molecule is Cn1ccnc(OCCC2CCCCN2)c1=O. The zero-order valence-electron chi connectivity index (χ0n) is 10.2. The molecular weight excluding hydrogens is 218 g/mol. The predicted octanol–water partition coefficient (Wildman–Crippen LogP) is 0.691. The minimum Gasteiger partial charge on any atom is -0.474 e. The Hall–Kier alpha value is -1.36. The Labute approximate surface area is 101 Å². The summed E-state index contributed by atoms with van der Waals surface area (Å²) in [6.07, 6.45) is 7.87. The third-order valence-electron chi connectivity index (χ3n) is 3.10. The van der Waals surface area contributed by atoms with Crippen LogP contribution in [-0.4, -0.2) is 28.7 Å². The monoisotopic (exact) mass is 237 g/mol. The minimum absolute atomic E-state index is 0.177. The molecule has 1 saturated heterocycles. The largest absolute Gasteiger partial charge is 0.474 e. The van der Waals surface area contributed by atoms with Crippen LogP contribution in [0.1, 0.15) is 25.7 Å². The first kappa shape index (κ1) is 12.1. The smallest absolute Gasteiger partial charge is 0.313 e. The Bertz CT molecular complexity index is 410. The standard InChI is InChI=1S/C12H19N3O2/c1-15-8-7-14-11(12(15)16)17-9-5-10-4-2-3-6-13-10/h7-8,10,13H,2-6,9H2,1H3. The highest BCUT2D eigenvalue weighted by molar-refractivity contribution is 5.03. The fraction of sp³-hybridized carbons (Fsp3) is 0.667. The van der Waals surface area contributed by atoms with Gasteiger partial charge in [-0.25, -0.2) is 4.98 Å². The summed E-state index contributed by atoms with van der Waals surface area (Å²) in [6, 6.07) is 0.524. The second kappa shape index (κ2) is 5.82. The molecule has 94 valence electrons. The fourth-order valence-corrected chi connectivity index (χ4v) is 2.04. The number of ether oxygens (including phenoxy) is 1. The highest BCUT2D eigenvalue weighted by atomic mass is 16.5. The van der Waals surface area contributed by atoms with Crippen molar-refractivity contribution in [2.75, 3.05) is 13.2 Å². The lowest BCUT2D eigenvalue weighted by molar-refractivity contribution is 0.256. The van der Waals surface area contributed by atoms with E-state index in [1.807, 2.05) is 0 Å². The van der Waals surface area contributed by atoms with Crippen molar-refractivity contribution in [2.24, 2.45) is 7.05 Å². The Balaban J connectivity index is 1.81. The second-order valence-corrected chi connectivity index (χ2v) is 4.43. The van der Waals surface area contributed by atoms with Gasteiger partial charge in [-0.15, -0.1) is 0 Å². The lowest BCUT2D eigenvalue weighted by atomic mass is 10.0. The number of hydrogen-bond donors (Lipinski definition) is 1. The van der Waals surface area contributed by atoms with E-state index >= 15 is 0 Å². The van der Waals surface area contributed by atoms with E-state index in [0.717, 1.165) is 13.0 Å². The van der Waals surface area contributed by atoms with Crippen molar-refractivity contribution in [2.45, 2.75) is 31.7 Å². The van der Waals surface area contributed by atoms with Gasteiger partial charge in [0.25, 0.3) is 5.88 Å². The highest BCUT2D eigenvalue weighted by Gasteiger charge is 2.12. The van der Waals surface area contributed by atoms with Crippen LogP contribution in [-0.2, 0) is 7.05 Å². The Morgan fingerprint density at radius 3 is 3.24 bits per heavy atom. The molecule has 5 nitrogen and oxygen atoms in total. The van der Waals surface area contributed by atoms with Gasteiger partial charge in [0.1, 0.15) is 0 Å². The molecule has 1 atom stereocenters. The summed E-state index contributed by atoms with van der Waals surface area (Å²) in [7, 11) is 1.69. The van der Waals surface area contributed by atoms with Gasteiger partial charge in [0.2, 0.25) is 0 Å². The van der Waals surface area contributed by atoms with Crippen LogP contribution in [0.4, 0.5) is 0 Å². The van der Waals surface area contributed by atoms with Gasteiger partial charge in [0, 0.05) is 25.5 Å². The number of nitrogens with zero attached hydrogens (tertiary/aromatic N) is 2. The normalized spacial score (nSPS) is 20.2. The van der Waals surface area contributed by atoms with Crippen LogP contribution in [0.2, 0.25) is 0 Å². The van der Waals surface area contributed by atoms with Crippen LogP contribution in [0.25, 0.3) is 0 Å². The van der Waals surface area contributed by atoms with Gasteiger partial charge in [-0.1, -0.05) is 6.42 Å². The van der Waals surface area contributed by atoms with E-state index in [-0.39, 0.29) is 11.4 Å². The van der Waals surface area contributed by atoms with Crippen molar-refractivity contribution in [1.82, 2.24) is 14.9 Å². The molecule has 2 heterocycles. The minimum atomic E-state index is -0.177. The summed E-state index contributed by atoms with van der Waals surface area (Å²) in [5.74, 6) is 0.200. The van der Waals surface area contributed by atoms with E-state index in [0.29, 0.717) is 12.6 Å². The van der Waals surface area contributed by atoms with Gasteiger partial charge in [-0.2, -0.15) is 0 Å². The molecule has 5 heteroatoms. The van der Waals surface area contributed by atoms with Crippen molar-refractivity contribution in [3.63, 3.8) is 0 Å². The summed E-state index contributed by atoms with van der Waals surface area (Å²) in [4.78, 5) is 15.6. The van der Waals surface area contributed by atoms with E-state index in [1.165, 1.54) is 23.8 Å². The zero-order valence-corrected chi connectivity index (χ0v) is 10.2. The zero-order chi connectivity index (χ0) is 12.1. The third-order valence-corrected chi connectivity index (χ3v) is 3.10. The van der Waals surface area contributed by atoms with Gasteiger partial charge < -0.3 is 14.6 Å². The molecule has 0 bridgehead atoms. The Morgan fingerprint density at radius 2 is 2.47 bits per heavy atom. The molecule has 0 saturated carbocycles. The molecule has 1 aromatic heterocycles. The molecule has 0 aromatic carbocycles. The average Bonchev–Trinajstić information content (AvgIpc) is 2.36. The predicted molar refractivity (Wildman–Crippen MR) is 65.2 cm³/mol. The maximum atomic E-state index is 11.6. The highest BCUT2D eigenvalue weighted by Crippen LogP contribution is 2.10. The maximum absolute atomic E-state index is 11.6. The van der Waals surface area contributed by atoms with Crippen LogP contribution in [0, 0.1) is 0 Å². The number of hydrogen-bond acceptors (Lipinski definition) is 4. The molecular formula is C12H19N3O2.